The number of carbonyl (C=O) groups is 4. The van der Waals surface area contributed by atoms with Crippen LogP contribution in [0, 0.1) is 11.8 Å². The number of piperazine rings is 1. The fraction of sp³-hybridized carbons (Fsp3) is 0.760. The molecule has 3 aliphatic rings. The van der Waals surface area contributed by atoms with Crippen LogP contribution >= 0.6 is 0 Å². The molecule has 0 aromatic heterocycles. The number of nitrogens with two attached hydrogens (primary N) is 1. The number of carbonyl (C=O) groups excluding carboxylic acids is 4. The van der Waals surface area contributed by atoms with E-state index in [4.69, 9.17) is 10.6 Å². The van der Waals surface area contributed by atoms with Crippen LogP contribution in [0.5, 0.6) is 0 Å². The molecule has 0 radical (unpaired) electrons. The Labute approximate surface area is 208 Å². The van der Waals surface area contributed by atoms with Crippen LogP contribution in [0.2, 0.25) is 0 Å². The first-order valence-corrected chi connectivity index (χ1v) is 12.8. The highest BCUT2D eigenvalue weighted by Crippen LogP contribution is 2.32. The maximum Gasteiger partial charge on any atom is 0.271 e. The molecule has 4 atom stereocenters. The Hall–Kier alpha value is -2.46. The van der Waals surface area contributed by atoms with Gasteiger partial charge in [0.25, 0.3) is 11.8 Å². The molecule has 196 valence electrons. The third-order valence-electron chi connectivity index (χ3n) is 6.94. The van der Waals surface area contributed by atoms with Gasteiger partial charge in [-0.3, -0.25) is 28.9 Å². The molecule has 0 bridgehead atoms. The van der Waals surface area contributed by atoms with Crippen molar-refractivity contribution in [1.82, 2.24) is 19.8 Å². The molecule has 3 rings (SSSR count). The Balaban J connectivity index is 1.94. The van der Waals surface area contributed by atoms with Crippen molar-refractivity contribution in [3.8, 4) is 0 Å². The summed E-state index contributed by atoms with van der Waals surface area (Å²) in [5, 5.41) is 1.27. The number of likely N-dealkylation sites (tertiary alicyclic amines) is 1. The molecule has 0 spiro atoms. The van der Waals surface area contributed by atoms with Crippen molar-refractivity contribution in [3.63, 3.8) is 0 Å². The molecule has 0 unspecified atom stereocenters. The van der Waals surface area contributed by atoms with Gasteiger partial charge in [0.2, 0.25) is 11.8 Å². The Morgan fingerprint density at radius 1 is 1.11 bits per heavy atom. The highest BCUT2D eigenvalue weighted by Gasteiger charge is 2.52. The number of likely N-dealkylation sites (N-methyl/N-ethyl adjacent to an activating group) is 1. The molecule has 4 amide bonds. The number of fused-ring (bicyclic) bond motifs is 1. The van der Waals surface area contributed by atoms with Crippen molar-refractivity contribution < 1.29 is 24.0 Å². The monoisotopic (exact) mass is 491 g/mol. The van der Waals surface area contributed by atoms with E-state index in [0.29, 0.717) is 12.8 Å². The zero-order valence-electron chi connectivity index (χ0n) is 21.7. The van der Waals surface area contributed by atoms with Crippen molar-refractivity contribution >= 4 is 23.6 Å². The first-order valence-electron chi connectivity index (χ1n) is 12.8. The molecular weight excluding hydrogens is 450 g/mol. The van der Waals surface area contributed by atoms with E-state index in [1.165, 1.54) is 16.0 Å². The number of primary amides is 1. The first kappa shape index (κ1) is 27.1. The van der Waals surface area contributed by atoms with Crippen LogP contribution < -0.4 is 5.73 Å². The smallest absolute Gasteiger partial charge is 0.271 e. The lowest BCUT2D eigenvalue weighted by molar-refractivity contribution is -0.274. The quantitative estimate of drug-likeness (QED) is 0.483. The third kappa shape index (κ3) is 6.41. The average molecular weight is 492 g/mol. The van der Waals surface area contributed by atoms with Gasteiger partial charge in [0.15, 0.2) is 12.3 Å². The third-order valence-corrected chi connectivity index (χ3v) is 6.94. The number of hydrogen-bond donors (Lipinski definition) is 1. The van der Waals surface area contributed by atoms with E-state index in [9.17, 15) is 19.2 Å². The predicted molar refractivity (Wildman–Crippen MR) is 130 cm³/mol. The second-order valence-corrected chi connectivity index (χ2v) is 10.8. The summed E-state index contributed by atoms with van der Waals surface area (Å²) in [6.45, 7) is 9.16. The Morgan fingerprint density at radius 2 is 1.80 bits per heavy atom. The molecule has 0 aromatic carbocycles. The van der Waals surface area contributed by atoms with Crippen molar-refractivity contribution in [2.75, 3.05) is 26.7 Å². The summed E-state index contributed by atoms with van der Waals surface area (Å²) in [5.41, 5.74) is 5.33. The van der Waals surface area contributed by atoms with Gasteiger partial charge in [0.05, 0.1) is 6.54 Å². The second kappa shape index (κ2) is 11.5. The number of hydrogen-bond acceptors (Lipinski definition) is 6. The molecule has 0 saturated carbocycles. The first-order chi connectivity index (χ1) is 16.5. The van der Waals surface area contributed by atoms with Crippen LogP contribution in [0.1, 0.15) is 59.8 Å². The van der Waals surface area contributed by atoms with Gasteiger partial charge in [-0.05, 0) is 51.1 Å². The standard InChI is InChI=1S/C25H41N5O5/c1-16(2)13-19-24(33)28(12-10-21(26)31)15-22-29(19)25(34)20(14-17(3)4)35-30(22)23(32)9-8-18-7-6-11-27(18)5/h8-9,16-20,22H,6-7,10-15H2,1-5H3,(H2,26,31)/b9-8+/t18-,19-,20+,22-/m0/s1. The normalized spacial score (nSPS) is 28.0. The van der Waals surface area contributed by atoms with Gasteiger partial charge >= 0.3 is 0 Å². The summed E-state index contributed by atoms with van der Waals surface area (Å²) in [4.78, 5) is 63.2. The highest BCUT2D eigenvalue weighted by atomic mass is 16.7. The average Bonchev–Trinajstić information content (AvgIpc) is 3.18. The molecule has 3 heterocycles. The second-order valence-electron chi connectivity index (χ2n) is 10.8. The van der Waals surface area contributed by atoms with Gasteiger partial charge in [0.1, 0.15) is 6.04 Å². The van der Waals surface area contributed by atoms with Crippen LogP contribution in [0.4, 0.5) is 0 Å². The lowest BCUT2D eigenvalue weighted by Gasteiger charge is -2.53. The summed E-state index contributed by atoms with van der Waals surface area (Å²) < 4.78 is 0. The molecule has 2 N–H and O–H groups in total. The SMILES string of the molecule is CC(C)C[C@H]1ON(C(=O)/C=C/[C@@H]2CCCN2C)[C@H]2CN(CCC(N)=O)C(=O)[C@H](CC(C)C)N2C1=O. The van der Waals surface area contributed by atoms with Crippen LogP contribution in [0.15, 0.2) is 12.2 Å². The van der Waals surface area contributed by atoms with Crippen LogP contribution in [-0.2, 0) is 24.0 Å². The Morgan fingerprint density at radius 3 is 2.37 bits per heavy atom. The molecule has 3 aliphatic heterocycles. The van der Waals surface area contributed by atoms with E-state index in [-0.39, 0.29) is 55.1 Å². The lowest BCUT2D eigenvalue weighted by atomic mass is 9.95. The molecule has 10 nitrogen and oxygen atoms in total. The van der Waals surface area contributed by atoms with Crippen molar-refractivity contribution in [3.05, 3.63) is 12.2 Å². The van der Waals surface area contributed by atoms with Crippen molar-refractivity contribution in [2.24, 2.45) is 17.6 Å². The van der Waals surface area contributed by atoms with Crippen LogP contribution in [0.3, 0.4) is 0 Å². The van der Waals surface area contributed by atoms with Gasteiger partial charge in [-0.15, -0.1) is 0 Å². The van der Waals surface area contributed by atoms with Gasteiger partial charge in [-0.25, -0.2) is 0 Å². The molecule has 0 aromatic rings. The van der Waals surface area contributed by atoms with E-state index >= 15 is 0 Å². The molecular formula is C25H41N5O5. The lowest BCUT2D eigenvalue weighted by Crippen LogP contribution is -2.73. The van der Waals surface area contributed by atoms with E-state index < -0.39 is 24.2 Å². The molecule has 0 aliphatic carbocycles. The highest BCUT2D eigenvalue weighted by molar-refractivity contribution is 5.94. The van der Waals surface area contributed by atoms with Crippen LogP contribution in [0.25, 0.3) is 0 Å². The van der Waals surface area contributed by atoms with Gasteiger partial charge in [0, 0.05) is 25.1 Å². The summed E-state index contributed by atoms with van der Waals surface area (Å²) in [6.07, 6.45) is 4.78. The molecule has 3 fully saturated rings. The minimum Gasteiger partial charge on any atom is -0.370 e. The summed E-state index contributed by atoms with van der Waals surface area (Å²) in [6, 6.07) is -0.547. The number of amides is 4. The summed E-state index contributed by atoms with van der Waals surface area (Å²) in [7, 11) is 2.03. The van der Waals surface area contributed by atoms with E-state index in [1.54, 1.807) is 4.90 Å². The molecule has 3 saturated heterocycles. The fourth-order valence-electron chi connectivity index (χ4n) is 5.14. The number of hydroxylamine groups is 2. The maximum absolute atomic E-state index is 13.6. The van der Waals surface area contributed by atoms with E-state index in [2.05, 4.69) is 4.90 Å². The van der Waals surface area contributed by atoms with Crippen molar-refractivity contribution in [2.45, 2.75) is 84.2 Å². The van der Waals surface area contributed by atoms with Gasteiger partial charge in [-0.2, -0.15) is 5.06 Å². The minimum absolute atomic E-state index is 0.0134. The number of rotatable bonds is 9. The Kier molecular flexibility index (Phi) is 8.93. The van der Waals surface area contributed by atoms with Crippen LogP contribution in [-0.4, -0.2) is 94.4 Å². The Bertz CT molecular complexity index is 844. The summed E-state index contributed by atoms with van der Waals surface area (Å²) in [5.74, 6) is -1.04. The van der Waals surface area contributed by atoms with E-state index in [1.807, 2.05) is 40.8 Å². The predicted octanol–water partition coefficient (Wildman–Crippen LogP) is 1.11. The maximum atomic E-state index is 13.6. The molecule has 10 heteroatoms. The summed E-state index contributed by atoms with van der Waals surface area (Å²) >= 11 is 0. The largest absolute Gasteiger partial charge is 0.370 e. The fourth-order valence-corrected chi connectivity index (χ4v) is 5.14. The molecule has 35 heavy (non-hydrogen) atoms. The number of nitrogens with zero attached hydrogens (tertiary/aromatic N) is 4. The van der Waals surface area contributed by atoms with Crippen molar-refractivity contribution in [1.29, 1.82) is 0 Å². The zero-order chi connectivity index (χ0) is 25.9. The topological polar surface area (TPSA) is 116 Å². The zero-order valence-corrected chi connectivity index (χ0v) is 21.7. The van der Waals surface area contributed by atoms with Gasteiger partial charge < -0.3 is 15.5 Å². The minimum atomic E-state index is -0.836. The van der Waals surface area contributed by atoms with E-state index in [0.717, 1.165) is 19.4 Å². The van der Waals surface area contributed by atoms with Gasteiger partial charge in [-0.1, -0.05) is 33.8 Å².